The third-order valence-electron chi connectivity index (χ3n) is 2.56. The van der Waals surface area contributed by atoms with Gasteiger partial charge in [-0.15, -0.1) is 0 Å². The molecule has 21 heavy (non-hydrogen) atoms. The van der Waals surface area contributed by atoms with Gasteiger partial charge in [-0.3, -0.25) is 9.52 Å². The molecule has 2 N–H and O–H groups in total. The Morgan fingerprint density at radius 1 is 1.19 bits per heavy atom. The Morgan fingerprint density at radius 3 is 2.38 bits per heavy atom. The van der Waals surface area contributed by atoms with Crippen LogP contribution in [0.1, 0.15) is 5.56 Å². The minimum absolute atomic E-state index is 0.0429. The number of hydrogen-bond donors (Lipinski definition) is 2. The molecule has 0 amide bonds. The van der Waals surface area contributed by atoms with E-state index in [-0.39, 0.29) is 17.1 Å². The van der Waals surface area contributed by atoms with Gasteiger partial charge in [0, 0.05) is 10.7 Å². The number of anilines is 1. The van der Waals surface area contributed by atoms with Crippen LogP contribution in [0.4, 0.5) is 5.82 Å². The lowest BCUT2D eigenvalue weighted by atomic mass is 10.2. The minimum Gasteiger partial charge on any atom is -0.481 e. The lowest BCUT2D eigenvalue weighted by Crippen LogP contribution is -2.14. The van der Waals surface area contributed by atoms with Crippen LogP contribution in [0, 0.1) is 0 Å². The van der Waals surface area contributed by atoms with Crippen LogP contribution >= 0.6 is 15.9 Å². The fraction of sp³-hybridized carbons (Fsp3) is 0.0769. The second kappa shape index (κ2) is 6.23. The maximum Gasteiger partial charge on any atom is 0.307 e. The summed E-state index contributed by atoms with van der Waals surface area (Å²) in [5, 5.41) is 8.67. The molecule has 0 spiro atoms. The van der Waals surface area contributed by atoms with Crippen molar-refractivity contribution in [3.8, 4) is 0 Å². The topological polar surface area (TPSA) is 96.4 Å². The van der Waals surface area contributed by atoms with E-state index < -0.39 is 16.0 Å². The molecular formula is C13H11BrN2O4S. The van der Waals surface area contributed by atoms with Gasteiger partial charge in [0.1, 0.15) is 5.82 Å². The van der Waals surface area contributed by atoms with E-state index in [0.29, 0.717) is 5.56 Å². The summed E-state index contributed by atoms with van der Waals surface area (Å²) in [6.45, 7) is 0. The number of halogens is 1. The van der Waals surface area contributed by atoms with Crippen molar-refractivity contribution in [3.63, 3.8) is 0 Å². The zero-order chi connectivity index (χ0) is 15.5. The monoisotopic (exact) mass is 370 g/mol. The van der Waals surface area contributed by atoms with E-state index in [2.05, 4.69) is 25.6 Å². The summed E-state index contributed by atoms with van der Waals surface area (Å²) in [6, 6.07) is 8.86. The van der Waals surface area contributed by atoms with Crippen LogP contribution in [-0.2, 0) is 21.2 Å². The lowest BCUT2D eigenvalue weighted by molar-refractivity contribution is -0.136. The predicted molar refractivity (Wildman–Crippen MR) is 80.5 cm³/mol. The first-order chi connectivity index (χ1) is 9.87. The average Bonchev–Trinajstić information content (AvgIpc) is 2.41. The van der Waals surface area contributed by atoms with Gasteiger partial charge in [0.25, 0.3) is 10.0 Å². The molecule has 0 atom stereocenters. The molecular weight excluding hydrogens is 360 g/mol. The molecule has 2 rings (SSSR count). The molecule has 1 aromatic carbocycles. The number of aliphatic carboxylic acids is 1. The van der Waals surface area contributed by atoms with Crippen molar-refractivity contribution in [2.45, 2.75) is 11.3 Å². The van der Waals surface area contributed by atoms with Crippen LogP contribution in [0.15, 0.2) is 52.0 Å². The summed E-state index contributed by atoms with van der Waals surface area (Å²) in [5.41, 5.74) is 0.531. The fourth-order valence-electron chi connectivity index (χ4n) is 1.59. The van der Waals surface area contributed by atoms with Crippen LogP contribution in [-0.4, -0.2) is 24.5 Å². The summed E-state index contributed by atoms with van der Waals surface area (Å²) < 4.78 is 27.4. The van der Waals surface area contributed by atoms with Crippen molar-refractivity contribution in [2.24, 2.45) is 0 Å². The molecule has 1 heterocycles. The highest BCUT2D eigenvalue weighted by Crippen LogP contribution is 2.17. The van der Waals surface area contributed by atoms with Gasteiger partial charge in [-0.05, 0) is 45.8 Å². The van der Waals surface area contributed by atoms with E-state index in [1.165, 1.54) is 36.5 Å². The number of carbonyl (C=O) groups is 1. The Labute approximate surface area is 130 Å². The fourth-order valence-corrected chi connectivity index (χ4v) is 2.84. The summed E-state index contributed by atoms with van der Waals surface area (Å²) in [4.78, 5) is 14.6. The molecule has 0 bridgehead atoms. The number of sulfonamides is 1. The van der Waals surface area contributed by atoms with Gasteiger partial charge in [0.05, 0.1) is 11.3 Å². The van der Waals surface area contributed by atoms with Crippen LogP contribution in [0.2, 0.25) is 0 Å². The van der Waals surface area contributed by atoms with Gasteiger partial charge < -0.3 is 5.11 Å². The number of hydrogen-bond acceptors (Lipinski definition) is 4. The Morgan fingerprint density at radius 2 is 1.86 bits per heavy atom. The van der Waals surface area contributed by atoms with Crippen LogP contribution in [0.3, 0.4) is 0 Å². The first-order valence-electron chi connectivity index (χ1n) is 5.82. The maximum absolute atomic E-state index is 12.1. The molecule has 0 saturated carbocycles. The van der Waals surface area contributed by atoms with E-state index in [4.69, 9.17) is 5.11 Å². The van der Waals surface area contributed by atoms with Crippen molar-refractivity contribution in [2.75, 3.05) is 4.72 Å². The Kier molecular flexibility index (Phi) is 4.59. The first kappa shape index (κ1) is 15.5. The van der Waals surface area contributed by atoms with Crippen molar-refractivity contribution in [3.05, 3.63) is 52.6 Å². The Hall–Kier alpha value is -1.93. The number of carboxylic acids is 1. The van der Waals surface area contributed by atoms with Gasteiger partial charge in [0.2, 0.25) is 0 Å². The highest BCUT2D eigenvalue weighted by atomic mass is 79.9. The third kappa shape index (κ3) is 4.27. The zero-order valence-electron chi connectivity index (χ0n) is 10.7. The summed E-state index contributed by atoms with van der Waals surface area (Å²) in [7, 11) is -3.75. The zero-order valence-corrected chi connectivity index (χ0v) is 13.1. The molecule has 0 unspecified atom stereocenters. The van der Waals surface area contributed by atoms with Crippen LogP contribution < -0.4 is 4.72 Å². The predicted octanol–water partition coefficient (Wildman–Crippen LogP) is 2.27. The van der Waals surface area contributed by atoms with Crippen molar-refractivity contribution >= 4 is 37.7 Å². The minimum atomic E-state index is -3.75. The van der Waals surface area contributed by atoms with Crippen LogP contribution in [0.5, 0.6) is 0 Å². The average molecular weight is 371 g/mol. The quantitative estimate of drug-likeness (QED) is 0.841. The smallest absolute Gasteiger partial charge is 0.307 e. The van der Waals surface area contributed by atoms with E-state index in [1.807, 2.05) is 0 Å². The number of aromatic nitrogens is 1. The number of carboxylic acid groups (broad SMARTS) is 1. The van der Waals surface area contributed by atoms with Gasteiger partial charge in [-0.2, -0.15) is 0 Å². The van der Waals surface area contributed by atoms with Crippen LogP contribution in [0.25, 0.3) is 0 Å². The van der Waals surface area contributed by atoms with E-state index in [0.717, 1.165) is 4.47 Å². The first-order valence-corrected chi connectivity index (χ1v) is 8.09. The number of nitrogens with one attached hydrogen (secondary N) is 1. The molecule has 2 aromatic rings. The van der Waals surface area contributed by atoms with Gasteiger partial charge in [-0.25, -0.2) is 13.4 Å². The normalized spacial score (nSPS) is 11.1. The molecule has 1 aromatic heterocycles. The molecule has 0 aliphatic rings. The van der Waals surface area contributed by atoms with Crippen molar-refractivity contribution in [1.82, 2.24) is 4.98 Å². The van der Waals surface area contributed by atoms with Gasteiger partial charge in [-0.1, -0.05) is 12.1 Å². The van der Waals surface area contributed by atoms with E-state index >= 15 is 0 Å². The summed E-state index contributed by atoms with van der Waals surface area (Å²) in [5.74, 6) is -0.768. The number of rotatable bonds is 5. The molecule has 0 radical (unpaired) electrons. The molecule has 0 saturated heterocycles. The molecule has 0 fully saturated rings. The second-order valence-corrected chi connectivity index (χ2v) is 6.78. The molecule has 110 valence electrons. The highest BCUT2D eigenvalue weighted by molar-refractivity contribution is 9.10. The summed E-state index contributed by atoms with van der Waals surface area (Å²) in [6.07, 6.45) is 1.33. The molecule has 0 aliphatic heterocycles. The largest absolute Gasteiger partial charge is 0.481 e. The standard InChI is InChI=1S/C13H11BrN2O4S/c14-10-3-6-12(15-8-10)16-21(19,20)11-4-1-9(2-5-11)7-13(17)18/h1-6,8H,7H2,(H,15,16)(H,17,18). The summed E-state index contributed by atoms with van der Waals surface area (Å²) >= 11 is 3.21. The SMILES string of the molecule is O=C(O)Cc1ccc(S(=O)(=O)Nc2ccc(Br)cn2)cc1. The van der Waals surface area contributed by atoms with E-state index in [1.54, 1.807) is 6.07 Å². The van der Waals surface area contributed by atoms with Crippen molar-refractivity contribution < 1.29 is 18.3 Å². The maximum atomic E-state index is 12.1. The van der Waals surface area contributed by atoms with Crippen molar-refractivity contribution in [1.29, 1.82) is 0 Å². The van der Waals surface area contributed by atoms with Gasteiger partial charge >= 0.3 is 5.97 Å². The molecule has 0 aliphatic carbocycles. The number of pyridine rings is 1. The second-order valence-electron chi connectivity index (χ2n) is 4.18. The Balaban J connectivity index is 2.19. The third-order valence-corrected chi connectivity index (χ3v) is 4.40. The molecule has 8 heteroatoms. The number of benzene rings is 1. The Bertz CT molecular complexity index is 743. The van der Waals surface area contributed by atoms with E-state index in [9.17, 15) is 13.2 Å². The number of nitrogens with zero attached hydrogens (tertiary/aromatic N) is 1. The molecule has 6 nitrogen and oxygen atoms in total. The lowest BCUT2D eigenvalue weighted by Gasteiger charge is -2.07. The van der Waals surface area contributed by atoms with Gasteiger partial charge in [0.15, 0.2) is 0 Å². The highest BCUT2D eigenvalue weighted by Gasteiger charge is 2.15.